The van der Waals surface area contributed by atoms with E-state index in [9.17, 15) is 4.79 Å². The average molecular weight is 335 g/mol. The molecule has 1 amide bonds. The third-order valence-corrected chi connectivity index (χ3v) is 4.44. The van der Waals surface area contributed by atoms with Crippen molar-refractivity contribution in [1.29, 1.82) is 5.26 Å². The molecule has 0 aliphatic carbocycles. The molecule has 2 aromatic rings. The maximum Gasteiger partial charge on any atom is 0.257 e. The number of carbonyl (C=O) groups is 1. The molecule has 1 aromatic carbocycles. The van der Waals surface area contributed by atoms with E-state index >= 15 is 0 Å². The number of hydrogen-bond acceptors (Lipinski definition) is 5. The van der Waals surface area contributed by atoms with Gasteiger partial charge < -0.3 is 15.1 Å². The molecular weight excluding hydrogens is 314 g/mol. The molecule has 2 heterocycles. The van der Waals surface area contributed by atoms with Crippen molar-refractivity contribution >= 4 is 17.3 Å². The Balaban J connectivity index is 1.68. The summed E-state index contributed by atoms with van der Waals surface area (Å²) in [5.41, 5.74) is 2.72. The van der Waals surface area contributed by atoms with E-state index in [1.807, 2.05) is 6.07 Å². The second-order valence-electron chi connectivity index (χ2n) is 6.00. The molecule has 0 bridgehead atoms. The van der Waals surface area contributed by atoms with Crippen molar-refractivity contribution in [3.05, 3.63) is 53.9 Å². The highest BCUT2D eigenvalue weighted by atomic mass is 16.1. The van der Waals surface area contributed by atoms with Gasteiger partial charge in [0, 0.05) is 38.1 Å². The zero-order valence-corrected chi connectivity index (χ0v) is 14.3. The molecule has 0 radical (unpaired) electrons. The molecule has 25 heavy (non-hydrogen) atoms. The summed E-state index contributed by atoms with van der Waals surface area (Å²) in [6, 6.07) is 10.7. The summed E-state index contributed by atoms with van der Waals surface area (Å²) in [6.45, 7) is 7.17. The van der Waals surface area contributed by atoms with E-state index in [0.29, 0.717) is 16.8 Å². The SMILES string of the molecule is CCN1CCN(c2cncc(C(=O)Nc3ccc(C#N)cc3)c2)CC1. The molecule has 128 valence electrons. The van der Waals surface area contributed by atoms with Crippen LogP contribution in [0.15, 0.2) is 42.7 Å². The lowest BCUT2D eigenvalue weighted by molar-refractivity contribution is 0.102. The summed E-state index contributed by atoms with van der Waals surface area (Å²) in [5, 5.41) is 11.7. The van der Waals surface area contributed by atoms with Crippen molar-refractivity contribution < 1.29 is 4.79 Å². The number of benzene rings is 1. The van der Waals surface area contributed by atoms with Gasteiger partial charge in [-0.2, -0.15) is 5.26 Å². The van der Waals surface area contributed by atoms with E-state index in [2.05, 4.69) is 33.1 Å². The van der Waals surface area contributed by atoms with Crippen LogP contribution in [0.4, 0.5) is 11.4 Å². The molecule has 6 nitrogen and oxygen atoms in total. The number of nitriles is 1. The molecular formula is C19H21N5O. The Bertz CT molecular complexity index is 773. The number of piperazine rings is 1. The summed E-state index contributed by atoms with van der Waals surface area (Å²) < 4.78 is 0. The largest absolute Gasteiger partial charge is 0.368 e. The molecule has 0 unspecified atom stereocenters. The normalized spacial score (nSPS) is 14.8. The third-order valence-electron chi connectivity index (χ3n) is 4.44. The fourth-order valence-corrected chi connectivity index (χ4v) is 2.88. The molecule has 3 rings (SSSR count). The minimum Gasteiger partial charge on any atom is -0.368 e. The van der Waals surface area contributed by atoms with E-state index in [4.69, 9.17) is 5.26 Å². The van der Waals surface area contributed by atoms with Crippen LogP contribution in [0.25, 0.3) is 0 Å². The van der Waals surface area contributed by atoms with Gasteiger partial charge in [0.15, 0.2) is 0 Å². The molecule has 0 spiro atoms. The van der Waals surface area contributed by atoms with E-state index in [1.165, 1.54) is 0 Å². The smallest absolute Gasteiger partial charge is 0.257 e. The van der Waals surface area contributed by atoms with Crippen molar-refractivity contribution in [3.8, 4) is 6.07 Å². The van der Waals surface area contributed by atoms with Crippen LogP contribution in [0.2, 0.25) is 0 Å². The van der Waals surface area contributed by atoms with Gasteiger partial charge in [0.2, 0.25) is 0 Å². The lowest BCUT2D eigenvalue weighted by Gasteiger charge is -2.35. The minimum atomic E-state index is -0.203. The topological polar surface area (TPSA) is 72.3 Å². The summed E-state index contributed by atoms with van der Waals surface area (Å²) in [5.74, 6) is -0.203. The molecule has 1 N–H and O–H groups in total. The van der Waals surface area contributed by atoms with Crippen LogP contribution in [0.3, 0.4) is 0 Å². The van der Waals surface area contributed by atoms with Gasteiger partial charge in [-0.3, -0.25) is 9.78 Å². The summed E-state index contributed by atoms with van der Waals surface area (Å²) in [4.78, 5) is 21.4. The Morgan fingerprint density at radius 1 is 1.20 bits per heavy atom. The zero-order chi connectivity index (χ0) is 17.6. The number of likely N-dealkylation sites (N-methyl/N-ethyl adjacent to an activating group) is 1. The molecule has 1 saturated heterocycles. The number of amides is 1. The standard InChI is InChI=1S/C19H21N5O/c1-2-23-7-9-24(10-8-23)18-11-16(13-21-14-18)19(25)22-17-5-3-15(12-20)4-6-17/h3-6,11,13-14H,2,7-10H2,1H3,(H,22,25). The molecule has 6 heteroatoms. The Labute approximate surface area is 147 Å². The Morgan fingerprint density at radius 3 is 2.56 bits per heavy atom. The van der Waals surface area contributed by atoms with Crippen LogP contribution in [-0.2, 0) is 0 Å². The van der Waals surface area contributed by atoms with Crippen molar-refractivity contribution in [1.82, 2.24) is 9.88 Å². The highest BCUT2D eigenvalue weighted by Crippen LogP contribution is 2.18. The van der Waals surface area contributed by atoms with Gasteiger partial charge in [-0.15, -0.1) is 0 Å². The Kier molecular flexibility index (Phi) is 5.26. The van der Waals surface area contributed by atoms with Gasteiger partial charge in [0.25, 0.3) is 5.91 Å². The van der Waals surface area contributed by atoms with E-state index in [1.54, 1.807) is 36.7 Å². The first-order chi connectivity index (χ1) is 12.2. The number of pyridine rings is 1. The van der Waals surface area contributed by atoms with E-state index in [0.717, 1.165) is 38.4 Å². The fraction of sp³-hybridized carbons (Fsp3) is 0.316. The molecule has 1 aliphatic heterocycles. The van der Waals surface area contributed by atoms with Crippen molar-refractivity contribution in [2.75, 3.05) is 42.9 Å². The molecule has 1 fully saturated rings. The van der Waals surface area contributed by atoms with Crippen molar-refractivity contribution in [2.45, 2.75) is 6.92 Å². The van der Waals surface area contributed by atoms with Crippen LogP contribution in [0, 0.1) is 11.3 Å². The fourth-order valence-electron chi connectivity index (χ4n) is 2.88. The van der Waals surface area contributed by atoms with Gasteiger partial charge in [0.05, 0.1) is 29.1 Å². The van der Waals surface area contributed by atoms with Crippen molar-refractivity contribution in [3.63, 3.8) is 0 Å². The van der Waals surface area contributed by atoms with Gasteiger partial charge in [-0.05, 0) is 36.9 Å². The number of rotatable bonds is 4. The summed E-state index contributed by atoms with van der Waals surface area (Å²) in [7, 11) is 0. The van der Waals surface area contributed by atoms with Crippen LogP contribution >= 0.6 is 0 Å². The second-order valence-corrected chi connectivity index (χ2v) is 6.00. The lowest BCUT2D eigenvalue weighted by Crippen LogP contribution is -2.46. The zero-order valence-electron chi connectivity index (χ0n) is 14.3. The maximum atomic E-state index is 12.5. The molecule has 0 atom stereocenters. The Hall–Kier alpha value is -2.91. The molecule has 0 saturated carbocycles. The summed E-state index contributed by atoms with van der Waals surface area (Å²) in [6.07, 6.45) is 3.38. The lowest BCUT2D eigenvalue weighted by atomic mass is 10.2. The van der Waals surface area contributed by atoms with Gasteiger partial charge >= 0.3 is 0 Å². The predicted molar refractivity (Wildman–Crippen MR) is 97.7 cm³/mol. The number of nitrogens with one attached hydrogen (secondary N) is 1. The maximum absolute atomic E-state index is 12.5. The second kappa shape index (κ2) is 7.77. The number of nitrogens with zero attached hydrogens (tertiary/aromatic N) is 4. The van der Waals surface area contributed by atoms with Crippen LogP contribution in [0.5, 0.6) is 0 Å². The third kappa shape index (κ3) is 4.14. The number of aromatic nitrogens is 1. The first kappa shape index (κ1) is 16.9. The van der Waals surface area contributed by atoms with Gasteiger partial charge in [-0.1, -0.05) is 6.92 Å². The van der Waals surface area contributed by atoms with Crippen LogP contribution < -0.4 is 10.2 Å². The average Bonchev–Trinajstić information content (AvgIpc) is 2.68. The number of carbonyl (C=O) groups excluding carboxylic acids is 1. The predicted octanol–water partition coefficient (Wildman–Crippen LogP) is 2.35. The van der Waals surface area contributed by atoms with Gasteiger partial charge in [-0.25, -0.2) is 0 Å². The Morgan fingerprint density at radius 2 is 1.92 bits per heavy atom. The van der Waals surface area contributed by atoms with E-state index < -0.39 is 0 Å². The van der Waals surface area contributed by atoms with Gasteiger partial charge in [0.1, 0.15) is 0 Å². The number of anilines is 2. The van der Waals surface area contributed by atoms with E-state index in [-0.39, 0.29) is 5.91 Å². The van der Waals surface area contributed by atoms with Crippen molar-refractivity contribution in [2.24, 2.45) is 0 Å². The monoisotopic (exact) mass is 335 g/mol. The number of hydrogen-bond donors (Lipinski definition) is 1. The highest BCUT2D eigenvalue weighted by Gasteiger charge is 2.17. The minimum absolute atomic E-state index is 0.203. The first-order valence-electron chi connectivity index (χ1n) is 8.43. The quantitative estimate of drug-likeness (QED) is 0.928. The van der Waals surface area contributed by atoms with Crippen LogP contribution in [-0.4, -0.2) is 48.5 Å². The van der Waals surface area contributed by atoms with Crippen LogP contribution in [0.1, 0.15) is 22.8 Å². The molecule has 1 aromatic heterocycles. The first-order valence-corrected chi connectivity index (χ1v) is 8.43. The highest BCUT2D eigenvalue weighted by molar-refractivity contribution is 6.04. The molecule has 1 aliphatic rings. The summed E-state index contributed by atoms with van der Waals surface area (Å²) >= 11 is 0.